The maximum atomic E-state index is 6.08. The fraction of sp³-hybridized carbons (Fsp3) is 0.462. The Labute approximate surface area is 128 Å². The molecule has 0 amide bonds. The van der Waals surface area contributed by atoms with Gasteiger partial charge in [-0.1, -0.05) is 23.2 Å². The quantitative estimate of drug-likeness (QED) is 0.775. The van der Waals surface area contributed by atoms with Crippen LogP contribution in [0.25, 0.3) is 11.0 Å². The van der Waals surface area contributed by atoms with Crippen molar-refractivity contribution in [3.63, 3.8) is 0 Å². The van der Waals surface area contributed by atoms with Crippen LogP contribution < -0.4 is 0 Å². The van der Waals surface area contributed by atoms with Crippen LogP contribution in [0.2, 0.25) is 10.0 Å². The summed E-state index contributed by atoms with van der Waals surface area (Å²) in [5.41, 5.74) is 1.83. The van der Waals surface area contributed by atoms with Gasteiger partial charge in [-0.2, -0.15) is 0 Å². The number of benzene rings is 1. The van der Waals surface area contributed by atoms with Crippen LogP contribution in [-0.4, -0.2) is 35.1 Å². The number of halogens is 3. The van der Waals surface area contributed by atoms with Gasteiger partial charge in [-0.15, -0.1) is 11.6 Å². The van der Waals surface area contributed by atoms with Crippen LogP contribution in [0.3, 0.4) is 0 Å². The van der Waals surface area contributed by atoms with E-state index in [1.54, 1.807) is 6.07 Å². The highest BCUT2D eigenvalue weighted by Crippen LogP contribution is 2.28. The number of rotatable bonds is 5. The number of fused-ring (bicyclic) bond motifs is 1. The van der Waals surface area contributed by atoms with Crippen molar-refractivity contribution in [3.05, 3.63) is 28.0 Å². The van der Waals surface area contributed by atoms with Crippen LogP contribution in [-0.2, 0) is 12.4 Å². The third-order valence-corrected chi connectivity index (χ3v) is 3.94. The first-order valence-corrected chi connectivity index (χ1v) is 7.37. The van der Waals surface area contributed by atoms with Crippen molar-refractivity contribution in [2.24, 2.45) is 0 Å². The molecule has 1 heterocycles. The molecule has 0 aliphatic rings. The summed E-state index contributed by atoms with van der Waals surface area (Å²) in [4.78, 5) is 6.66. The number of hydrogen-bond acceptors (Lipinski definition) is 2. The van der Waals surface area contributed by atoms with Gasteiger partial charge in [0.15, 0.2) is 0 Å². The Morgan fingerprint density at radius 2 is 1.89 bits per heavy atom. The molecular weight excluding hydrogens is 305 g/mol. The van der Waals surface area contributed by atoms with Crippen LogP contribution in [0.1, 0.15) is 12.2 Å². The Kier molecular flexibility index (Phi) is 4.96. The smallest absolute Gasteiger partial charge is 0.124 e. The lowest BCUT2D eigenvalue weighted by molar-refractivity contribution is 0.386. The van der Waals surface area contributed by atoms with Crippen LogP contribution in [0.5, 0.6) is 0 Å². The molecule has 0 N–H and O–H groups in total. The summed E-state index contributed by atoms with van der Waals surface area (Å²) in [6, 6.07) is 3.65. The van der Waals surface area contributed by atoms with Gasteiger partial charge in [0.2, 0.25) is 0 Å². The molecule has 3 nitrogen and oxygen atoms in total. The summed E-state index contributed by atoms with van der Waals surface area (Å²) in [5, 5.41) is 1.07. The van der Waals surface area contributed by atoms with Crippen LogP contribution in [0.15, 0.2) is 12.1 Å². The number of alkyl halides is 1. The molecule has 0 spiro atoms. The molecule has 1 aromatic heterocycles. The zero-order chi connectivity index (χ0) is 14.0. The van der Waals surface area contributed by atoms with Crippen molar-refractivity contribution < 1.29 is 0 Å². The molecule has 2 aromatic rings. The Morgan fingerprint density at radius 3 is 2.53 bits per heavy atom. The van der Waals surface area contributed by atoms with Crippen molar-refractivity contribution >= 4 is 45.8 Å². The maximum absolute atomic E-state index is 6.08. The van der Waals surface area contributed by atoms with Crippen LogP contribution in [0, 0.1) is 0 Å². The van der Waals surface area contributed by atoms with E-state index in [-0.39, 0.29) is 0 Å². The van der Waals surface area contributed by atoms with Gasteiger partial charge in [0.05, 0.1) is 27.0 Å². The average molecular weight is 321 g/mol. The second-order valence-corrected chi connectivity index (χ2v) is 5.81. The van der Waals surface area contributed by atoms with Crippen molar-refractivity contribution in [2.75, 3.05) is 20.6 Å². The lowest BCUT2D eigenvalue weighted by Gasteiger charge is -2.11. The van der Waals surface area contributed by atoms with E-state index in [4.69, 9.17) is 34.8 Å². The van der Waals surface area contributed by atoms with E-state index in [9.17, 15) is 0 Å². The Bertz CT molecular complexity index is 578. The van der Waals surface area contributed by atoms with Gasteiger partial charge in [-0.05, 0) is 39.2 Å². The number of hydrogen-bond donors (Lipinski definition) is 0. The number of imidazole rings is 1. The predicted molar refractivity (Wildman–Crippen MR) is 82.5 cm³/mol. The molecule has 19 heavy (non-hydrogen) atoms. The summed E-state index contributed by atoms with van der Waals surface area (Å²) in [6.07, 6.45) is 1.03. The zero-order valence-corrected chi connectivity index (χ0v) is 13.2. The molecule has 0 saturated heterocycles. The molecule has 0 bridgehead atoms. The third kappa shape index (κ3) is 3.34. The highest BCUT2D eigenvalue weighted by Gasteiger charge is 2.12. The molecule has 0 saturated carbocycles. The first-order valence-electron chi connectivity index (χ1n) is 6.07. The van der Waals surface area contributed by atoms with Gasteiger partial charge in [-0.3, -0.25) is 0 Å². The van der Waals surface area contributed by atoms with E-state index >= 15 is 0 Å². The third-order valence-electron chi connectivity index (χ3n) is 2.98. The average Bonchev–Trinajstić information content (AvgIpc) is 2.67. The first-order chi connectivity index (χ1) is 9.02. The van der Waals surface area contributed by atoms with Crippen LogP contribution in [0.4, 0.5) is 0 Å². The van der Waals surface area contributed by atoms with Crippen LogP contribution >= 0.6 is 34.8 Å². The number of aryl methyl sites for hydroxylation is 1. The lowest BCUT2D eigenvalue weighted by Crippen LogP contribution is -2.15. The Hall–Kier alpha value is -0.480. The second kappa shape index (κ2) is 6.31. The fourth-order valence-corrected chi connectivity index (χ4v) is 2.59. The summed E-state index contributed by atoms with van der Waals surface area (Å²) >= 11 is 18.1. The molecule has 0 unspecified atom stereocenters. The maximum Gasteiger partial charge on any atom is 0.124 e. The van der Waals surface area contributed by atoms with Gasteiger partial charge in [0.1, 0.15) is 5.82 Å². The number of aromatic nitrogens is 2. The van der Waals surface area contributed by atoms with Gasteiger partial charge in [0.25, 0.3) is 0 Å². The predicted octanol–water partition coefficient (Wildman–Crippen LogP) is 4.03. The SMILES string of the molecule is CN(C)CCCn1c(CCl)nc2cc(Cl)c(Cl)cc21. The zero-order valence-electron chi connectivity index (χ0n) is 11.0. The highest BCUT2D eigenvalue weighted by atomic mass is 35.5. The summed E-state index contributed by atoms with van der Waals surface area (Å²) in [7, 11) is 4.12. The molecule has 0 radical (unpaired) electrons. The van der Waals surface area contributed by atoms with E-state index in [0.717, 1.165) is 36.4 Å². The van der Waals surface area contributed by atoms with E-state index < -0.39 is 0 Å². The molecule has 2 rings (SSSR count). The summed E-state index contributed by atoms with van der Waals surface area (Å²) in [5.74, 6) is 1.24. The lowest BCUT2D eigenvalue weighted by atomic mass is 10.3. The molecule has 1 aromatic carbocycles. The fourth-order valence-electron chi connectivity index (χ4n) is 2.07. The number of nitrogens with zero attached hydrogens (tertiary/aromatic N) is 3. The van der Waals surface area contributed by atoms with Crippen molar-refractivity contribution in [1.82, 2.24) is 14.5 Å². The van der Waals surface area contributed by atoms with Crippen molar-refractivity contribution in [2.45, 2.75) is 18.8 Å². The molecule has 104 valence electrons. The monoisotopic (exact) mass is 319 g/mol. The summed E-state index contributed by atoms with van der Waals surface area (Å²) < 4.78 is 2.12. The standard InChI is InChI=1S/C13H16Cl3N3/c1-18(2)4-3-5-19-12-7-10(16)9(15)6-11(12)17-13(19)8-14/h6-7H,3-5,8H2,1-2H3. The van der Waals surface area contributed by atoms with Gasteiger partial charge >= 0.3 is 0 Å². The second-order valence-electron chi connectivity index (χ2n) is 4.73. The highest BCUT2D eigenvalue weighted by molar-refractivity contribution is 6.42. The van der Waals surface area contributed by atoms with E-state index in [1.807, 2.05) is 6.07 Å². The minimum Gasteiger partial charge on any atom is -0.327 e. The van der Waals surface area contributed by atoms with Gasteiger partial charge in [0, 0.05) is 6.54 Å². The molecule has 6 heteroatoms. The van der Waals surface area contributed by atoms with E-state index in [1.165, 1.54) is 0 Å². The van der Waals surface area contributed by atoms with Gasteiger partial charge < -0.3 is 9.47 Å². The molecule has 0 atom stereocenters. The minimum atomic E-state index is 0.381. The van der Waals surface area contributed by atoms with E-state index in [2.05, 4.69) is 28.5 Å². The largest absolute Gasteiger partial charge is 0.327 e. The Balaban J connectivity index is 2.36. The molecule has 0 aliphatic heterocycles. The first kappa shape index (κ1) is 14.9. The van der Waals surface area contributed by atoms with Gasteiger partial charge in [-0.25, -0.2) is 4.98 Å². The normalized spacial score (nSPS) is 11.7. The molecule has 0 aliphatic carbocycles. The minimum absolute atomic E-state index is 0.381. The van der Waals surface area contributed by atoms with E-state index in [0.29, 0.717) is 15.9 Å². The topological polar surface area (TPSA) is 21.1 Å². The molecular formula is C13H16Cl3N3. The summed E-state index contributed by atoms with van der Waals surface area (Å²) in [6.45, 7) is 1.89. The van der Waals surface area contributed by atoms with Crippen molar-refractivity contribution in [3.8, 4) is 0 Å². The Morgan fingerprint density at radius 1 is 1.21 bits per heavy atom. The van der Waals surface area contributed by atoms with Crippen molar-refractivity contribution in [1.29, 1.82) is 0 Å². The molecule has 0 fully saturated rings.